The molecule has 1 heterocycles. The average Bonchev–Trinajstić information content (AvgIpc) is 2.99. The number of likely N-dealkylation sites (N-methyl/N-ethyl adjacent to an activating group) is 1. The van der Waals surface area contributed by atoms with E-state index in [0.717, 1.165) is 26.2 Å². The Hall–Kier alpha value is -1.43. The topological polar surface area (TPSA) is 58.8 Å². The number of morpholine rings is 1. The van der Waals surface area contributed by atoms with Crippen LogP contribution in [0.1, 0.15) is 31.7 Å². The number of amides is 1. The molecule has 1 saturated heterocycles. The molecule has 1 aromatic rings. The minimum Gasteiger partial charge on any atom is -0.374 e. The molecular weight excluding hydrogens is 314 g/mol. The van der Waals surface area contributed by atoms with Gasteiger partial charge in [-0.15, -0.1) is 0 Å². The van der Waals surface area contributed by atoms with E-state index in [-0.39, 0.29) is 24.0 Å². The number of hydrogen-bond acceptors (Lipinski definition) is 4. The minimum absolute atomic E-state index is 0.154. The van der Waals surface area contributed by atoms with E-state index in [1.807, 2.05) is 11.9 Å². The van der Waals surface area contributed by atoms with Gasteiger partial charge in [-0.2, -0.15) is 0 Å². The van der Waals surface area contributed by atoms with E-state index >= 15 is 0 Å². The number of carbonyl (C=O) groups excluding carboxylic acids is 1. The van der Waals surface area contributed by atoms with Crippen molar-refractivity contribution in [1.29, 1.82) is 0 Å². The quantitative estimate of drug-likeness (QED) is 0.851. The van der Waals surface area contributed by atoms with E-state index in [2.05, 4.69) is 42.2 Å². The van der Waals surface area contributed by atoms with Crippen LogP contribution >= 0.6 is 0 Å². The van der Waals surface area contributed by atoms with Gasteiger partial charge in [-0.05, 0) is 37.3 Å². The van der Waals surface area contributed by atoms with Crippen LogP contribution in [0, 0.1) is 0 Å². The highest BCUT2D eigenvalue weighted by atomic mass is 16.5. The van der Waals surface area contributed by atoms with Crippen molar-refractivity contribution in [3.8, 4) is 0 Å². The standard InChI is InChI=1S/C20H31N3O2/c1-20(16-6-4-3-5-7-16)9-8-17(12-20)23-10-11-25-18(14-23)13-22(2)15-19(21)24/h3-7,17-18H,8-15H2,1-2H3,(H2,21,24). The zero-order valence-corrected chi connectivity index (χ0v) is 15.5. The number of primary amides is 1. The van der Waals surface area contributed by atoms with Gasteiger partial charge in [0.2, 0.25) is 5.91 Å². The van der Waals surface area contributed by atoms with Gasteiger partial charge < -0.3 is 10.5 Å². The van der Waals surface area contributed by atoms with Crippen LogP contribution in [0.4, 0.5) is 0 Å². The lowest BCUT2D eigenvalue weighted by molar-refractivity contribution is -0.119. The highest BCUT2D eigenvalue weighted by Crippen LogP contribution is 2.42. The van der Waals surface area contributed by atoms with Gasteiger partial charge in [0.15, 0.2) is 0 Å². The molecule has 3 atom stereocenters. The van der Waals surface area contributed by atoms with Crippen molar-refractivity contribution >= 4 is 5.91 Å². The molecule has 1 aliphatic heterocycles. The number of benzene rings is 1. The summed E-state index contributed by atoms with van der Waals surface area (Å²) in [4.78, 5) is 15.6. The lowest BCUT2D eigenvalue weighted by atomic mass is 9.81. The van der Waals surface area contributed by atoms with Gasteiger partial charge in [0.05, 0.1) is 19.3 Å². The number of carbonyl (C=O) groups is 1. The van der Waals surface area contributed by atoms with Gasteiger partial charge in [-0.1, -0.05) is 37.3 Å². The molecule has 1 aromatic carbocycles. The summed E-state index contributed by atoms with van der Waals surface area (Å²) in [5.41, 5.74) is 7.02. The van der Waals surface area contributed by atoms with E-state index in [9.17, 15) is 4.79 Å². The monoisotopic (exact) mass is 345 g/mol. The molecule has 0 radical (unpaired) electrons. The molecule has 0 aromatic heterocycles. The van der Waals surface area contributed by atoms with E-state index in [4.69, 9.17) is 10.5 Å². The van der Waals surface area contributed by atoms with Crippen molar-refractivity contribution in [3.63, 3.8) is 0 Å². The molecule has 138 valence electrons. The predicted octanol–water partition coefficient (Wildman–Crippen LogP) is 1.61. The molecule has 3 rings (SSSR count). The third kappa shape index (κ3) is 4.60. The summed E-state index contributed by atoms with van der Waals surface area (Å²) in [5, 5.41) is 0. The third-order valence-corrected chi connectivity index (χ3v) is 5.81. The Morgan fingerprint density at radius 1 is 1.40 bits per heavy atom. The summed E-state index contributed by atoms with van der Waals surface area (Å²) >= 11 is 0. The van der Waals surface area contributed by atoms with Crippen molar-refractivity contribution in [2.45, 2.75) is 43.7 Å². The largest absolute Gasteiger partial charge is 0.374 e. The molecule has 1 saturated carbocycles. The summed E-state index contributed by atoms with van der Waals surface area (Å²) in [6, 6.07) is 11.5. The van der Waals surface area contributed by atoms with Gasteiger partial charge in [-0.25, -0.2) is 0 Å². The first-order chi connectivity index (χ1) is 12.0. The second-order valence-corrected chi connectivity index (χ2v) is 7.97. The molecule has 3 unspecified atom stereocenters. The summed E-state index contributed by atoms with van der Waals surface area (Å²) in [7, 11) is 1.93. The van der Waals surface area contributed by atoms with Crippen LogP contribution in [0.15, 0.2) is 30.3 Å². The molecule has 0 bridgehead atoms. The fourth-order valence-electron chi connectivity index (χ4n) is 4.49. The number of nitrogens with two attached hydrogens (primary N) is 1. The first kappa shape index (κ1) is 18.4. The Bertz CT molecular complexity index is 580. The Balaban J connectivity index is 1.56. The first-order valence-electron chi connectivity index (χ1n) is 9.34. The molecule has 1 aliphatic carbocycles. The fraction of sp³-hybridized carbons (Fsp3) is 0.650. The van der Waals surface area contributed by atoms with Crippen LogP contribution in [0.5, 0.6) is 0 Å². The highest BCUT2D eigenvalue weighted by Gasteiger charge is 2.40. The lowest BCUT2D eigenvalue weighted by Crippen LogP contribution is -2.51. The first-order valence-corrected chi connectivity index (χ1v) is 9.34. The summed E-state index contributed by atoms with van der Waals surface area (Å²) in [6.45, 7) is 6.16. The van der Waals surface area contributed by atoms with Gasteiger partial charge >= 0.3 is 0 Å². The van der Waals surface area contributed by atoms with Crippen molar-refractivity contribution < 1.29 is 9.53 Å². The van der Waals surface area contributed by atoms with Crippen LogP contribution in [-0.2, 0) is 14.9 Å². The Morgan fingerprint density at radius 3 is 2.88 bits per heavy atom. The molecule has 5 heteroatoms. The second kappa shape index (κ2) is 7.85. The van der Waals surface area contributed by atoms with Crippen molar-refractivity contribution in [3.05, 3.63) is 35.9 Å². The van der Waals surface area contributed by atoms with E-state index in [1.54, 1.807) is 0 Å². The normalized spacial score (nSPS) is 30.7. The number of rotatable bonds is 6. The Morgan fingerprint density at radius 2 is 2.16 bits per heavy atom. The van der Waals surface area contributed by atoms with E-state index in [1.165, 1.54) is 24.8 Å². The zero-order valence-electron chi connectivity index (χ0n) is 15.5. The minimum atomic E-state index is -0.287. The predicted molar refractivity (Wildman–Crippen MR) is 99.4 cm³/mol. The van der Waals surface area contributed by atoms with Crippen LogP contribution in [0.2, 0.25) is 0 Å². The van der Waals surface area contributed by atoms with Crippen LogP contribution in [0.3, 0.4) is 0 Å². The maximum Gasteiger partial charge on any atom is 0.231 e. The van der Waals surface area contributed by atoms with Crippen molar-refractivity contribution in [2.75, 3.05) is 39.8 Å². The molecular formula is C20H31N3O2. The van der Waals surface area contributed by atoms with E-state index in [0.29, 0.717) is 6.04 Å². The average molecular weight is 345 g/mol. The third-order valence-electron chi connectivity index (χ3n) is 5.81. The molecule has 25 heavy (non-hydrogen) atoms. The maximum atomic E-state index is 11.1. The Labute approximate surface area is 151 Å². The highest BCUT2D eigenvalue weighted by molar-refractivity contribution is 5.75. The lowest BCUT2D eigenvalue weighted by Gasteiger charge is -2.38. The fourth-order valence-corrected chi connectivity index (χ4v) is 4.49. The zero-order chi connectivity index (χ0) is 17.9. The van der Waals surface area contributed by atoms with Crippen LogP contribution in [0.25, 0.3) is 0 Å². The van der Waals surface area contributed by atoms with Gasteiger partial charge in [0, 0.05) is 25.7 Å². The van der Waals surface area contributed by atoms with Crippen LogP contribution < -0.4 is 5.73 Å². The maximum absolute atomic E-state index is 11.1. The van der Waals surface area contributed by atoms with Crippen molar-refractivity contribution in [2.24, 2.45) is 5.73 Å². The molecule has 2 aliphatic rings. The number of ether oxygens (including phenoxy) is 1. The SMILES string of the molecule is CN(CC(N)=O)CC1CN(C2CCC(C)(c3ccccc3)C2)CCO1. The molecule has 0 spiro atoms. The molecule has 2 N–H and O–H groups in total. The van der Waals surface area contributed by atoms with Gasteiger partial charge in [0.25, 0.3) is 0 Å². The van der Waals surface area contributed by atoms with Gasteiger partial charge in [0.1, 0.15) is 0 Å². The molecule has 2 fully saturated rings. The molecule has 1 amide bonds. The second-order valence-electron chi connectivity index (χ2n) is 7.97. The summed E-state index contributed by atoms with van der Waals surface area (Å²) in [6.07, 6.45) is 3.85. The van der Waals surface area contributed by atoms with Crippen molar-refractivity contribution in [1.82, 2.24) is 9.80 Å². The number of nitrogens with zero attached hydrogens (tertiary/aromatic N) is 2. The Kier molecular flexibility index (Phi) is 5.77. The molecule has 5 nitrogen and oxygen atoms in total. The van der Waals surface area contributed by atoms with Gasteiger partial charge in [-0.3, -0.25) is 14.6 Å². The summed E-state index contributed by atoms with van der Waals surface area (Å²) < 4.78 is 5.92. The summed E-state index contributed by atoms with van der Waals surface area (Å²) in [5.74, 6) is -0.287. The van der Waals surface area contributed by atoms with E-state index < -0.39 is 0 Å². The number of hydrogen-bond donors (Lipinski definition) is 1. The smallest absolute Gasteiger partial charge is 0.231 e. The van der Waals surface area contributed by atoms with Crippen LogP contribution in [-0.4, -0.2) is 67.7 Å².